The summed E-state index contributed by atoms with van der Waals surface area (Å²) < 4.78 is 0. The maximum Gasteiger partial charge on any atom is 0.317 e. The van der Waals surface area contributed by atoms with Crippen LogP contribution in [-0.2, 0) is 4.79 Å². The Labute approximate surface area is 120 Å². The third kappa shape index (κ3) is 4.12. The van der Waals surface area contributed by atoms with Gasteiger partial charge in [-0.25, -0.2) is 4.79 Å². The van der Waals surface area contributed by atoms with Crippen molar-refractivity contribution in [3.8, 4) is 0 Å². The number of rotatable bonds is 7. The monoisotopic (exact) mass is 282 g/mol. The Morgan fingerprint density at radius 1 is 1.25 bits per heavy atom. The van der Waals surface area contributed by atoms with Gasteiger partial charge in [-0.3, -0.25) is 4.79 Å². The van der Waals surface area contributed by atoms with Crippen molar-refractivity contribution in [2.45, 2.75) is 45.4 Å². The van der Waals surface area contributed by atoms with Gasteiger partial charge in [0.2, 0.25) is 0 Å². The molecule has 0 aromatic rings. The molecule has 2 fully saturated rings. The molecule has 0 radical (unpaired) electrons. The van der Waals surface area contributed by atoms with E-state index in [9.17, 15) is 9.59 Å². The summed E-state index contributed by atoms with van der Waals surface area (Å²) in [7, 11) is 0. The highest BCUT2D eigenvalue weighted by molar-refractivity contribution is 5.74. The molecule has 0 heterocycles. The highest BCUT2D eigenvalue weighted by Gasteiger charge is 2.33. The summed E-state index contributed by atoms with van der Waals surface area (Å²) in [5, 5.41) is 12.1. The fourth-order valence-corrected chi connectivity index (χ4v) is 3.09. The van der Waals surface area contributed by atoms with Crippen LogP contribution in [0, 0.1) is 17.8 Å². The molecule has 2 aliphatic rings. The third-order valence-corrected chi connectivity index (χ3v) is 4.45. The van der Waals surface area contributed by atoms with Gasteiger partial charge in [-0.2, -0.15) is 0 Å². The second kappa shape index (κ2) is 6.95. The Hall–Kier alpha value is -1.26. The molecule has 5 heteroatoms. The largest absolute Gasteiger partial charge is 0.481 e. The quantitative estimate of drug-likeness (QED) is 0.753. The van der Waals surface area contributed by atoms with Crippen LogP contribution in [0.2, 0.25) is 0 Å². The van der Waals surface area contributed by atoms with Gasteiger partial charge < -0.3 is 15.3 Å². The van der Waals surface area contributed by atoms with Crippen molar-refractivity contribution in [1.82, 2.24) is 10.2 Å². The van der Waals surface area contributed by atoms with Gasteiger partial charge in [-0.15, -0.1) is 0 Å². The molecule has 0 aliphatic heterocycles. The van der Waals surface area contributed by atoms with Crippen molar-refractivity contribution < 1.29 is 14.7 Å². The second-order valence-corrected chi connectivity index (χ2v) is 6.21. The average Bonchev–Trinajstić information content (AvgIpc) is 3.10. The van der Waals surface area contributed by atoms with Gasteiger partial charge in [0.05, 0.1) is 5.92 Å². The Morgan fingerprint density at radius 2 is 2.00 bits per heavy atom. The molecule has 2 saturated carbocycles. The van der Waals surface area contributed by atoms with E-state index in [1.807, 2.05) is 4.90 Å². The summed E-state index contributed by atoms with van der Waals surface area (Å²) in [6.45, 7) is 4.22. The molecule has 114 valence electrons. The zero-order valence-electron chi connectivity index (χ0n) is 12.3. The Balaban J connectivity index is 1.78. The summed E-state index contributed by atoms with van der Waals surface area (Å²) >= 11 is 0. The third-order valence-electron chi connectivity index (χ3n) is 4.45. The van der Waals surface area contributed by atoms with Crippen LogP contribution in [-0.4, -0.2) is 41.6 Å². The Morgan fingerprint density at radius 3 is 2.60 bits per heavy atom. The summed E-state index contributed by atoms with van der Waals surface area (Å²) in [6, 6.07) is -0.0187. The fourth-order valence-electron chi connectivity index (χ4n) is 3.09. The lowest BCUT2D eigenvalue weighted by Crippen LogP contribution is -2.44. The number of aliphatic carboxylic acids is 1. The first-order chi connectivity index (χ1) is 9.61. The van der Waals surface area contributed by atoms with Gasteiger partial charge in [0.15, 0.2) is 0 Å². The number of carboxylic acid groups (broad SMARTS) is 1. The molecular formula is C15H26N2O3. The molecule has 0 aromatic heterocycles. The molecule has 0 aromatic carbocycles. The smallest absolute Gasteiger partial charge is 0.317 e. The molecule has 2 aliphatic carbocycles. The minimum absolute atomic E-state index is 0.0187. The number of hydrogen-bond donors (Lipinski definition) is 2. The zero-order valence-corrected chi connectivity index (χ0v) is 12.3. The maximum absolute atomic E-state index is 12.2. The number of urea groups is 1. The van der Waals surface area contributed by atoms with Crippen LogP contribution < -0.4 is 5.32 Å². The Bertz CT molecular complexity index is 355. The van der Waals surface area contributed by atoms with Gasteiger partial charge in [0, 0.05) is 19.6 Å². The maximum atomic E-state index is 12.2. The van der Waals surface area contributed by atoms with Crippen LogP contribution in [0.3, 0.4) is 0 Å². The number of nitrogens with one attached hydrogen (secondary N) is 1. The van der Waals surface area contributed by atoms with E-state index < -0.39 is 5.97 Å². The minimum atomic E-state index is -0.717. The number of hydrogen-bond acceptors (Lipinski definition) is 2. The molecule has 20 heavy (non-hydrogen) atoms. The van der Waals surface area contributed by atoms with Crippen LogP contribution in [0.25, 0.3) is 0 Å². The number of carbonyl (C=O) groups excluding carboxylic acids is 1. The number of carbonyl (C=O) groups is 2. The summed E-state index contributed by atoms with van der Waals surface area (Å²) in [5.41, 5.74) is 0. The lowest BCUT2D eigenvalue weighted by atomic mass is 9.96. The van der Waals surface area contributed by atoms with Crippen molar-refractivity contribution in [2.24, 2.45) is 17.8 Å². The van der Waals surface area contributed by atoms with Crippen molar-refractivity contribution >= 4 is 12.0 Å². The molecule has 2 atom stereocenters. The van der Waals surface area contributed by atoms with Gasteiger partial charge in [-0.05, 0) is 43.9 Å². The molecule has 2 rings (SSSR count). The van der Waals surface area contributed by atoms with Crippen LogP contribution in [0.4, 0.5) is 4.79 Å². The summed E-state index contributed by atoms with van der Waals surface area (Å²) in [5.74, 6) is -0.213. The van der Waals surface area contributed by atoms with Crippen molar-refractivity contribution in [3.63, 3.8) is 0 Å². The molecule has 2 N–H and O–H groups in total. The molecule has 5 nitrogen and oxygen atoms in total. The molecule has 0 saturated heterocycles. The first kappa shape index (κ1) is 15.1. The fraction of sp³-hybridized carbons (Fsp3) is 0.867. The summed E-state index contributed by atoms with van der Waals surface area (Å²) in [4.78, 5) is 25.2. The van der Waals surface area contributed by atoms with E-state index >= 15 is 0 Å². The van der Waals surface area contributed by atoms with Crippen LogP contribution in [0.1, 0.15) is 45.4 Å². The number of nitrogens with zero attached hydrogens (tertiary/aromatic N) is 1. The SMILES string of the molecule is CCCN(CC1CC1)C(=O)NCC1CCCC1C(=O)O. The second-order valence-electron chi connectivity index (χ2n) is 6.21. The standard InChI is InChI=1S/C15H26N2O3/c1-2-8-17(10-11-6-7-11)15(20)16-9-12-4-3-5-13(12)14(18)19/h11-13H,2-10H2,1H3,(H,16,20)(H,18,19). The predicted octanol–water partition coefficient (Wildman–Crippen LogP) is 2.32. The van der Waals surface area contributed by atoms with Crippen LogP contribution >= 0.6 is 0 Å². The predicted molar refractivity (Wildman–Crippen MR) is 76.5 cm³/mol. The van der Waals surface area contributed by atoms with Crippen LogP contribution in [0.5, 0.6) is 0 Å². The first-order valence-electron chi connectivity index (χ1n) is 7.87. The summed E-state index contributed by atoms with van der Waals surface area (Å²) in [6.07, 6.45) is 6.04. The molecule has 0 spiro atoms. The van der Waals surface area contributed by atoms with Crippen molar-refractivity contribution in [3.05, 3.63) is 0 Å². The lowest BCUT2D eigenvalue weighted by Gasteiger charge is -2.24. The van der Waals surface area contributed by atoms with Crippen molar-refractivity contribution in [1.29, 1.82) is 0 Å². The van der Waals surface area contributed by atoms with Gasteiger partial charge >= 0.3 is 12.0 Å². The molecule has 0 bridgehead atoms. The zero-order chi connectivity index (χ0) is 14.5. The van der Waals surface area contributed by atoms with E-state index in [4.69, 9.17) is 5.11 Å². The Kier molecular flexibility index (Phi) is 5.26. The first-order valence-corrected chi connectivity index (χ1v) is 7.87. The highest BCUT2D eigenvalue weighted by atomic mass is 16.4. The van der Waals surface area contributed by atoms with Gasteiger partial charge in [0.1, 0.15) is 0 Å². The number of carboxylic acids is 1. The van der Waals surface area contributed by atoms with E-state index in [0.29, 0.717) is 12.5 Å². The normalized spacial score (nSPS) is 25.4. The van der Waals surface area contributed by atoms with E-state index in [1.165, 1.54) is 12.8 Å². The lowest BCUT2D eigenvalue weighted by molar-refractivity contribution is -0.142. The van der Waals surface area contributed by atoms with Gasteiger partial charge in [0.25, 0.3) is 0 Å². The van der Waals surface area contributed by atoms with E-state index in [0.717, 1.165) is 38.8 Å². The number of amides is 2. The highest BCUT2D eigenvalue weighted by Crippen LogP contribution is 2.32. The van der Waals surface area contributed by atoms with E-state index in [1.54, 1.807) is 0 Å². The van der Waals surface area contributed by atoms with Crippen LogP contribution in [0.15, 0.2) is 0 Å². The van der Waals surface area contributed by atoms with E-state index in [-0.39, 0.29) is 17.9 Å². The van der Waals surface area contributed by atoms with Gasteiger partial charge in [-0.1, -0.05) is 13.3 Å². The minimum Gasteiger partial charge on any atom is -0.481 e. The van der Waals surface area contributed by atoms with Crippen molar-refractivity contribution in [2.75, 3.05) is 19.6 Å². The average molecular weight is 282 g/mol. The van der Waals surface area contributed by atoms with E-state index in [2.05, 4.69) is 12.2 Å². The topological polar surface area (TPSA) is 69.6 Å². The molecule has 2 unspecified atom stereocenters. The molecule has 2 amide bonds. The molecular weight excluding hydrogens is 256 g/mol.